The minimum absolute atomic E-state index is 0.895. The van der Waals surface area contributed by atoms with Gasteiger partial charge in [0.2, 0.25) is 0 Å². The van der Waals surface area contributed by atoms with E-state index in [-0.39, 0.29) is 0 Å². The number of nitrogens with zero attached hydrogens (tertiary/aromatic N) is 2. The van der Waals surface area contributed by atoms with E-state index < -0.39 is 0 Å². The number of rotatable bonds is 2. The zero-order valence-corrected chi connectivity index (χ0v) is 16.3. The van der Waals surface area contributed by atoms with E-state index in [2.05, 4.69) is 97.1 Å². The van der Waals surface area contributed by atoms with Crippen molar-refractivity contribution in [2.24, 2.45) is 0 Å². The number of aromatic nitrogens is 2. The maximum absolute atomic E-state index is 5.14. The molecule has 0 spiro atoms. The van der Waals surface area contributed by atoms with Gasteiger partial charge in [0.15, 0.2) is 0 Å². The van der Waals surface area contributed by atoms with Crippen LogP contribution in [-0.4, -0.2) is 9.97 Å². The van der Waals surface area contributed by atoms with E-state index >= 15 is 0 Å². The van der Waals surface area contributed by atoms with Crippen molar-refractivity contribution in [3.63, 3.8) is 0 Å². The van der Waals surface area contributed by atoms with Crippen molar-refractivity contribution in [3.05, 3.63) is 109 Å². The Hall–Kier alpha value is -4.04. The minimum atomic E-state index is 0.895. The van der Waals surface area contributed by atoms with Gasteiger partial charge in [-0.25, -0.2) is 9.97 Å². The van der Waals surface area contributed by atoms with E-state index in [1.54, 1.807) is 0 Å². The summed E-state index contributed by atoms with van der Waals surface area (Å²) in [5, 5.41) is 5.84. The first-order valence-corrected chi connectivity index (χ1v) is 10.1. The second-order valence-corrected chi connectivity index (χ2v) is 7.49. The Morgan fingerprint density at radius 3 is 2.03 bits per heavy atom. The van der Waals surface area contributed by atoms with E-state index in [0.29, 0.717) is 0 Å². The zero-order valence-electron chi connectivity index (χ0n) is 16.3. The number of fused-ring (bicyclic) bond motifs is 3. The fraction of sp³-hybridized carbons (Fsp3) is 0. The molecule has 6 aromatic rings. The molecule has 0 aliphatic rings. The summed E-state index contributed by atoms with van der Waals surface area (Å²) in [5.74, 6) is 0. The zero-order chi connectivity index (χ0) is 19.9. The maximum Gasteiger partial charge on any atom is 0.0972 e. The van der Waals surface area contributed by atoms with Crippen LogP contribution in [0.25, 0.3) is 55.1 Å². The summed E-state index contributed by atoms with van der Waals surface area (Å²) in [4.78, 5) is 10.1. The second kappa shape index (κ2) is 6.78. The molecule has 2 aromatic heterocycles. The molecular formula is C28H18N2. The monoisotopic (exact) mass is 382 g/mol. The third kappa shape index (κ3) is 2.73. The van der Waals surface area contributed by atoms with Gasteiger partial charge in [-0.1, -0.05) is 91.0 Å². The van der Waals surface area contributed by atoms with Crippen molar-refractivity contribution in [2.75, 3.05) is 0 Å². The summed E-state index contributed by atoms with van der Waals surface area (Å²) < 4.78 is 0. The Kier molecular flexibility index (Phi) is 3.82. The van der Waals surface area contributed by atoms with Crippen LogP contribution in [-0.2, 0) is 0 Å². The molecule has 30 heavy (non-hydrogen) atoms. The normalized spacial score (nSPS) is 11.3. The number of benzene rings is 4. The van der Waals surface area contributed by atoms with Crippen LogP contribution < -0.4 is 0 Å². The number of para-hydroxylation sites is 1. The van der Waals surface area contributed by atoms with Crippen molar-refractivity contribution < 1.29 is 0 Å². The van der Waals surface area contributed by atoms with E-state index in [4.69, 9.17) is 9.97 Å². The predicted octanol–water partition coefficient (Wildman–Crippen LogP) is 7.27. The van der Waals surface area contributed by atoms with E-state index in [1.165, 1.54) is 16.2 Å². The highest BCUT2D eigenvalue weighted by Crippen LogP contribution is 2.34. The highest BCUT2D eigenvalue weighted by atomic mass is 14.8. The van der Waals surface area contributed by atoms with Crippen molar-refractivity contribution >= 4 is 32.4 Å². The van der Waals surface area contributed by atoms with Gasteiger partial charge in [-0.05, 0) is 34.4 Å². The molecule has 140 valence electrons. The Balaban J connectivity index is 1.66. The molecule has 2 heteroatoms. The predicted molar refractivity (Wildman–Crippen MR) is 125 cm³/mol. The molecule has 0 saturated heterocycles. The van der Waals surface area contributed by atoms with Crippen molar-refractivity contribution in [1.82, 2.24) is 9.97 Å². The van der Waals surface area contributed by atoms with Gasteiger partial charge >= 0.3 is 0 Å². The van der Waals surface area contributed by atoms with Crippen LogP contribution >= 0.6 is 0 Å². The first-order chi connectivity index (χ1) is 14.9. The molecule has 2 heterocycles. The molecule has 0 aliphatic carbocycles. The molecule has 0 aliphatic heterocycles. The summed E-state index contributed by atoms with van der Waals surface area (Å²) in [6, 6.07) is 37.9. The topological polar surface area (TPSA) is 25.8 Å². The lowest BCUT2D eigenvalue weighted by Crippen LogP contribution is -1.94. The third-order valence-corrected chi connectivity index (χ3v) is 5.65. The standard InChI is InChI=1S/C28H18N2/c1-4-12-22-19(8-1)11-7-14-24(22)27-18-21-10-2-5-13-23(21)28(30-27)26-17-16-20-9-3-6-15-25(20)29-26/h1-18H. The van der Waals surface area contributed by atoms with Gasteiger partial charge in [0, 0.05) is 16.3 Å². The highest BCUT2D eigenvalue weighted by Gasteiger charge is 2.13. The first kappa shape index (κ1) is 16.9. The van der Waals surface area contributed by atoms with Crippen molar-refractivity contribution in [3.8, 4) is 22.6 Å². The first-order valence-electron chi connectivity index (χ1n) is 10.1. The Morgan fingerprint density at radius 1 is 0.433 bits per heavy atom. The van der Waals surface area contributed by atoms with Gasteiger partial charge < -0.3 is 0 Å². The average Bonchev–Trinajstić information content (AvgIpc) is 2.82. The lowest BCUT2D eigenvalue weighted by molar-refractivity contribution is 1.30. The summed E-state index contributed by atoms with van der Waals surface area (Å²) >= 11 is 0. The van der Waals surface area contributed by atoms with Crippen LogP contribution in [0.5, 0.6) is 0 Å². The van der Waals surface area contributed by atoms with Gasteiger partial charge in [-0.2, -0.15) is 0 Å². The van der Waals surface area contributed by atoms with Gasteiger partial charge in [0.1, 0.15) is 0 Å². The molecule has 0 bridgehead atoms. The SMILES string of the molecule is c1ccc2nc(-c3nc(-c4cccc5ccccc45)cc4ccccc34)ccc2c1. The smallest absolute Gasteiger partial charge is 0.0972 e. The molecule has 0 unspecified atom stereocenters. The van der Waals surface area contributed by atoms with Crippen LogP contribution in [0.1, 0.15) is 0 Å². The van der Waals surface area contributed by atoms with E-state index in [0.717, 1.165) is 38.9 Å². The van der Waals surface area contributed by atoms with Gasteiger partial charge in [-0.15, -0.1) is 0 Å². The molecule has 6 rings (SSSR count). The van der Waals surface area contributed by atoms with E-state index in [9.17, 15) is 0 Å². The minimum Gasteiger partial charge on any atom is -0.246 e. The summed E-state index contributed by atoms with van der Waals surface area (Å²) in [5.41, 5.74) is 4.90. The fourth-order valence-corrected chi connectivity index (χ4v) is 4.18. The largest absolute Gasteiger partial charge is 0.246 e. The average molecular weight is 382 g/mol. The Labute approximate surface area is 174 Å². The van der Waals surface area contributed by atoms with Crippen molar-refractivity contribution in [1.29, 1.82) is 0 Å². The number of hydrogen-bond donors (Lipinski definition) is 0. The molecule has 0 radical (unpaired) electrons. The lowest BCUT2D eigenvalue weighted by atomic mass is 9.99. The van der Waals surface area contributed by atoms with Crippen molar-refractivity contribution in [2.45, 2.75) is 0 Å². The maximum atomic E-state index is 5.14. The molecule has 0 atom stereocenters. The molecular weight excluding hydrogens is 364 g/mol. The summed E-state index contributed by atoms with van der Waals surface area (Å²) in [7, 11) is 0. The molecule has 2 nitrogen and oxygen atoms in total. The van der Waals surface area contributed by atoms with Crippen LogP contribution in [0, 0.1) is 0 Å². The third-order valence-electron chi connectivity index (χ3n) is 5.65. The number of hydrogen-bond acceptors (Lipinski definition) is 2. The van der Waals surface area contributed by atoms with Crippen LogP contribution in [0.3, 0.4) is 0 Å². The molecule has 0 amide bonds. The van der Waals surface area contributed by atoms with Gasteiger partial charge in [0.25, 0.3) is 0 Å². The highest BCUT2D eigenvalue weighted by molar-refractivity contribution is 6.01. The molecule has 0 fully saturated rings. The van der Waals surface area contributed by atoms with Crippen LogP contribution in [0.4, 0.5) is 0 Å². The Morgan fingerprint density at radius 2 is 1.13 bits per heavy atom. The van der Waals surface area contributed by atoms with Gasteiger partial charge in [-0.3, -0.25) is 0 Å². The summed E-state index contributed by atoms with van der Waals surface area (Å²) in [6.07, 6.45) is 0. The quantitative estimate of drug-likeness (QED) is 0.315. The fourth-order valence-electron chi connectivity index (χ4n) is 4.18. The number of pyridine rings is 2. The second-order valence-electron chi connectivity index (χ2n) is 7.49. The summed E-state index contributed by atoms with van der Waals surface area (Å²) in [6.45, 7) is 0. The molecule has 0 N–H and O–H groups in total. The van der Waals surface area contributed by atoms with E-state index in [1.807, 2.05) is 12.1 Å². The van der Waals surface area contributed by atoms with Gasteiger partial charge in [0.05, 0.1) is 22.6 Å². The molecule has 0 saturated carbocycles. The van der Waals surface area contributed by atoms with Crippen LogP contribution in [0.2, 0.25) is 0 Å². The molecule has 4 aromatic carbocycles. The van der Waals surface area contributed by atoms with Crippen LogP contribution in [0.15, 0.2) is 109 Å². The lowest BCUT2D eigenvalue weighted by Gasteiger charge is -2.12. The Bertz CT molecular complexity index is 1540.